The molecule has 1 nitrogen and oxygen atoms in total. The van der Waals surface area contributed by atoms with Gasteiger partial charge in [0.25, 0.3) is 0 Å². The summed E-state index contributed by atoms with van der Waals surface area (Å²) in [6.07, 6.45) is 8.00. The molecule has 0 amide bonds. The smallest absolute Gasteiger partial charge is 0.0323 e. The summed E-state index contributed by atoms with van der Waals surface area (Å²) in [6.45, 7) is 7.88. The van der Waals surface area contributed by atoms with Crippen LogP contribution in [0.2, 0.25) is 0 Å². The van der Waals surface area contributed by atoms with Crippen molar-refractivity contribution in [1.82, 2.24) is 5.32 Å². The topological polar surface area (TPSA) is 12.0 Å². The van der Waals surface area contributed by atoms with Gasteiger partial charge in [0.1, 0.15) is 0 Å². The van der Waals surface area contributed by atoms with Crippen LogP contribution in [0.25, 0.3) is 0 Å². The van der Waals surface area contributed by atoms with Gasteiger partial charge in [0.05, 0.1) is 0 Å². The first-order valence-corrected chi connectivity index (χ1v) is 7.09. The molecule has 0 saturated heterocycles. The van der Waals surface area contributed by atoms with E-state index in [1.54, 1.807) is 0 Å². The van der Waals surface area contributed by atoms with Gasteiger partial charge in [0.15, 0.2) is 0 Å². The van der Waals surface area contributed by atoms with E-state index < -0.39 is 0 Å². The molecule has 0 saturated carbocycles. The van der Waals surface area contributed by atoms with Gasteiger partial charge in [-0.25, -0.2) is 0 Å². The summed E-state index contributed by atoms with van der Waals surface area (Å²) in [4.78, 5) is 0. The van der Waals surface area contributed by atoms with Crippen LogP contribution in [0.1, 0.15) is 57.2 Å². The first-order chi connectivity index (χ1) is 8.65. The fraction of sp³-hybridized carbons (Fsp3) is 0.529. The molecule has 1 atom stereocenters. The third-order valence-corrected chi connectivity index (χ3v) is 4.06. The summed E-state index contributed by atoms with van der Waals surface area (Å²) >= 11 is 0. The summed E-state index contributed by atoms with van der Waals surface area (Å²) in [7, 11) is 0. The molecule has 1 aromatic rings. The van der Waals surface area contributed by atoms with Crippen molar-refractivity contribution in [2.24, 2.45) is 0 Å². The molecule has 0 aliphatic heterocycles. The van der Waals surface area contributed by atoms with Crippen molar-refractivity contribution in [3.05, 3.63) is 47.5 Å². The monoisotopic (exact) mass is 243 g/mol. The second kappa shape index (κ2) is 5.71. The first kappa shape index (κ1) is 13.4. The van der Waals surface area contributed by atoms with Crippen molar-refractivity contribution < 1.29 is 0 Å². The first-order valence-electron chi connectivity index (χ1n) is 7.09. The fourth-order valence-electron chi connectivity index (χ4n) is 2.93. The van der Waals surface area contributed by atoms with Gasteiger partial charge in [-0.05, 0) is 49.3 Å². The maximum atomic E-state index is 3.70. The molecule has 0 bridgehead atoms. The molecule has 0 aromatic heterocycles. The minimum absolute atomic E-state index is 0.331. The Morgan fingerprint density at radius 3 is 2.89 bits per heavy atom. The lowest BCUT2D eigenvalue weighted by Crippen LogP contribution is -2.33. The minimum atomic E-state index is 0.331. The van der Waals surface area contributed by atoms with E-state index in [2.05, 4.69) is 62.5 Å². The van der Waals surface area contributed by atoms with Crippen molar-refractivity contribution in [3.63, 3.8) is 0 Å². The van der Waals surface area contributed by atoms with Crippen LogP contribution in [0.15, 0.2) is 36.4 Å². The van der Waals surface area contributed by atoms with Crippen molar-refractivity contribution >= 4 is 0 Å². The number of nitrogens with one attached hydrogen (secondary N) is 1. The molecule has 1 aromatic carbocycles. The van der Waals surface area contributed by atoms with E-state index in [1.165, 1.54) is 24.0 Å². The Labute approximate surface area is 111 Å². The lowest BCUT2D eigenvalue weighted by Gasteiger charge is -2.37. The highest BCUT2D eigenvalue weighted by Crippen LogP contribution is 2.41. The highest BCUT2D eigenvalue weighted by Gasteiger charge is 2.31. The number of hydrogen-bond acceptors (Lipinski definition) is 1. The zero-order chi connectivity index (χ0) is 13.0. The van der Waals surface area contributed by atoms with Crippen molar-refractivity contribution in [1.29, 1.82) is 0 Å². The molecular weight excluding hydrogens is 218 g/mol. The number of fused-ring (bicyclic) bond motifs is 1. The predicted octanol–water partition coefficient (Wildman–Crippen LogP) is 4.35. The Balaban J connectivity index is 2.10. The Morgan fingerprint density at radius 2 is 2.11 bits per heavy atom. The van der Waals surface area contributed by atoms with E-state index in [-0.39, 0.29) is 0 Å². The van der Waals surface area contributed by atoms with Gasteiger partial charge in [-0.3, -0.25) is 0 Å². The van der Waals surface area contributed by atoms with Gasteiger partial charge >= 0.3 is 0 Å². The lowest BCUT2D eigenvalue weighted by molar-refractivity contribution is 0.360. The zero-order valence-electron chi connectivity index (χ0n) is 11.9. The van der Waals surface area contributed by atoms with Crippen LogP contribution < -0.4 is 5.32 Å². The molecule has 1 aliphatic rings. The van der Waals surface area contributed by atoms with Crippen LogP contribution in [0.5, 0.6) is 0 Å². The van der Waals surface area contributed by atoms with Crippen LogP contribution in [0.4, 0.5) is 0 Å². The maximum absolute atomic E-state index is 3.70. The van der Waals surface area contributed by atoms with E-state index in [4.69, 9.17) is 0 Å². The summed E-state index contributed by atoms with van der Waals surface area (Å²) in [5.41, 5.74) is 3.37. The number of rotatable bonds is 4. The van der Waals surface area contributed by atoms with Crippen LogP contribution in [0, 0.1) is 0 Å². The molecule has 2 rings (SSSR count). The van der Waals surface area contributed by atoms with Gasteiger partial charge in [0.2, 0.25) is 0 Å². The molecule has 0 spiro atoms. The molecule has 1 unspecified atom stereocenters. The van der Waals surface area contributed by atoms with Crippen LogP contribution >= 0.6 is 0 Å². The molecule has 1 N–H and O–H groups in total. The Kier molecular flexibility index (Phi) is 4.23. The number of hydrogen-bond donors (Lipinski definition) is 1. The van der Waals surface area contributed by atoms with Gasteiger partial charge in [-0.15, -0.1) is 0 Å². The number of allylic oxidation sites excluding steroid dienone is 1. The standard InChI is InChI=1S/C17H25N/c1-4-5-8-13-18-16-11-12-17(2,3)15-10-7-6-9-14(15)16/h4-7,9-10,16,18H,8,11-13H2,1-3H3/b5-4+. The summed E-state index contributed by atoms with van der Waals surface area (Å²) < 4.78 is 0. The Bertz CT molecular complexity index is 417. The SMILES string of the molecule is C/C=C/CCNC1CCC(C)(C)c2ccccc21. The van der Waals surface area contributed by atoms with Gasteiger partial charge < -0.3 is 5.32 Å². The molecule has 98 valence electrons. The van der Waals surface area contributed by atoms with E-state index in [0.717, 1.165) is 13.0 Å². The van der Waals surface area contributed by atoms with E-state index >= 15 is 0 Å². The highest BCUT2D eigenvalue weighted by molar-refractivity contribution is 5.38. The second-order valence-corrected chi connectivity index (χ2v) is 5.87. The maximum Gasteiger partial charge on any atom is 0.0323 e. The summed E-state index contributed by atoms with van der Waals surface area (Å²) in [6, 6.07) is 9.47. The molecule has 18 heavy (non-hydrogen) atoms. The van der Waals surface area contributed by atoms with Gasteiger partial charge in [-0.1, -0.05) is 50.3 Å². The van der Waals surface area contributed by atoms with E-state index in [9.17, 15) is 0 Å². The molecule has 0 heterocycles. The second-order valence-electron chi connectivity index (χ2n) is 5.87. The average Bonchev–Trinajstić information content (AvgIpc) is 2.37. The van der Waals surface area contributed by atoms with Crippen LogP contribution in [-0.2, 0) is 5.41 Å². The van der Waals surface area contributed by atoms with Crippen molar-refractivity contribution in [3.8, 4) is 0 Å². The van der Waals surface area contributed by atoms with Crippen molar-refractivity contribution in [2.45, 2.75) is 51.5 Å². The zero-order valence-corrected chi connectivity index (χ0v) is 11.9. The van der Waals surface area contributed by atoms with Gasteiger partial charge in [0, 0.05) is 6.04 Å². The molecular formula is C17H25N. The largest absolute Gasteiger partial charge is 0.310 e. The summed E-state index contributed by atoms with van der Waals surface area (Å²) in [5.74, 6) is 0. The van der Waals surface area contributed by atoms with Crippen LogP contribution in [-0.4, -0.2) is 6.54 Å². The summed E-state index contributed by atoms with van der Waals surface area (Å²) in [5, 5.41) is 3.70. The Hall–Kier alpha value is -1.08. The predicted molar refractivity (Wildman–Crippen MR) is 78.9 cm³/mol. The van der Waals surface area contributed by atoms with Crippen molar-refractivity contribution in [2.75, 3.05) is 6.54 Å². The molecule has 1 heteroatoms. The quantitative estimate of drug-likeness (QED) is 0.612. The molecule has 1 aliphatic carbocycles. The number of benzene rings is 1. The van der Waals surface area contributed by atoms with E-state index in [1.807, 2.05) is 0 Å². The van der Waals surface area contributed by atoms with E-state index in [0.29, 0.717) is 11.5 Å². The highest BCUT2D eigenvalue weighted by atomic mass is 14.9. The third kappa shape index (κ3) is 2.84. The lowest BCUT2D eigenvalue weighted by atomic mass is 9.71. The minimum Gasteiger partial charge on any atom is -0.310 e. The molecule has 0 radical (unpaired) electrons. The Morgan fingerprint density at radius 1 is 1.33 bits per heavy atom. The average molecular weight is 243 g/mol. The fourth-order valence-corrected chi connectivity index (χ4v) is 2.93. The third-order valence-electron chi connectivity index (χ3n) is 4.06. The molecule has 0 fully saturated rings. The van der Waals surface area contributed by atoms with Crippen LogP contribution in [0.3, 0.4) is 0 Å². The normalized spacial score (nSPS) is 22.1. The van der Waals surface area contributed by atoms with Gasteiger partial charge in [-0.2, -0.15) is 0 Å².